The molecule has 0 radical (unpaired) electrons. The SMILES string of the molecule is Cc1cc(-c2nc(CC(=O)c3cnc(N4CCN(CCC(=O)[O-])CC4)cn3)sc2CN2CCCC[C@H]2C)cc(C(F)(F)F)c1.[Na+]. The second-order valence-corrected chi connectivity index (χ2v) is 12.8. The number of nitrogens with zero attached hydrogens (tertiary/aromatic N) is 6. The zero-order valence-electron chi connectivity index (χ0n) is 25.9. The summed E-state index contributed by atoms with van der Waals surface area (Å²) in [7, 11) is 0. The Bertz CT molecular complexity index is 1480. The zero-order chi connectivity index (χ0) is 31.4. The largest absolute Gasteiger partial charge is 1.00 e. The summed E-state index contributed by atoms with van der Waals surface area (Å²) in [6.45, 7) is 8.41. The van der Waals surface area contributed by atoms with E-state index < -0.39 is 17.7 Å². The minimum Gasteiger partial charge on any atom is -0.550 e. The molecule has 0 saturated carbocycles. The summed E-state index contributed by atoms with van der Waals surface area (Å²) in [6.07, 6.45) is 1.78. The summed E-state index contributed by atoms with van der Waals surface area (Å²) in [5, 5.41) is 11.3. The summed E-state index contributed by atoms with van der Waals surface area (Å²) >= 11 is 1.37. The van der Waals surface area contributed by atoms with Crippen molar-refractivity contribution in [2.24, 2.45) is 0 Å². The number of carbonyl (C=O) groups is 2. The van der Waals surface area contributed by atoms with Crippen molar-refractivity contribution in [1.82, 2.24) is 24.8 Å². The molecule has 45 heavy (non-hydrogen) atoms. The Morgan fingerprint density at radius 1 is 1.04 bits per heavy atom. The number of aliphatic carboxylic acids is 1. The first-order valence-electron chi connectivity index (χ1n) is 14.9. The molecule has 2 aromatic heterocycles. The molecular formula is C31H36F3N6NaO3S. The van der Waals surface area contributed by atoms with Crippen LogP contribution in [0.4, 0.5) is 19.0 Å². The van der Waals surface area contributed by atoms with Gasteiger partial charge in [0.25, 0.3) is 0 Å². The maximum absolute atomic E-state index is 13.7. The number of aryl methyl sites for hydroxylation is 1. The Morgan fingerprint density at radius 3 is 2.44 bits per heavy atom. The smallest absolute Gasteiger partial charge is 0.550 e. The summed E-state index contributed by atoms with van der Waals surface area (Å²) in [6, 6.07) is 4.34. The number of piperidine rings is 1. The van der Waals surface area contributed by atoms with E-state index in [1.54, 1.807) is 19.2 Å². The molecule has 3 aromatic rings. The third kappa shape index (κ3) is 9.32. The van der Waals surface area contributed by atoms with Crippen molar-refractivity contribution >= 4 is 28.9 Å². The average molecular weight is 653 g/mol. The molecule has 9 nitrogen and oxygen atoms in total. The minimum absolute atomic E-state index is 0. The second-order valence-electron chi connectivity index (χ2n) is 11.6. The number of alkyl halides is 3. The minimum atomic E-state index is -4.48. The number of rotatable bonds is 10. The molecule has 1 atom stereocenters. The molecule has 0 N–H and O–H groups in total. The summed E-state index contributed by atoms with van der Waals surface area (Å²) in [5.74, 6) is -0.698. The fraction of sp³-hybridized carbons (Fsp3) is 0.516. The van der Waals surface area contributed by atoms with Gasteiger partial charge in [-0.25, -0.2) is 15.0 Å². The fourth-order valence-electron chi connectivity index (χ4n) is 5.78. The zero-order valence-corrected chi connectivity index (χ0v) is 28.7. The normalized spacial score (nSPS) is 18.1. The number of Topliss-reactive ketones (excluding diaryl/α,β-unsaturated/α-hetero) is 1. The van der Waals surface area contributed by atoms with E-state index in [-0.39, 0.29) is 53.9 Å². The summed E-state index contributed by atoms with van der Waals surface area (Å²) < 4.78 is 41.0. The van der Waals surface area contributed by atoms with E-state index in [0.717, 1.165) is 42.8 Å². The third-order valence-electron chi connectivity index (χ3n) is 8.27. The molecule has 2 fully saturated rings. The van der Waals surface area contributed by atoms with Crippen LogP contribution in [-0.2, 0) is 23.9 Å². The van der Waals surface area contributed by atoms with Crippen molar-refractivity contribution in [2.45, 2.75) is 64.7 Å². The van der Waals surface area contributed by atoms with Gasteiger partial charge in [-0.3, -0.25) is 14.6 Å². The third-order valence-corrected chi connectivity index (χ3v) is 9.31. The van der Waals surface area contributed by atoms with Crippen molar-refractivity contribution in [1.29, 1.82) is 0 Å². The van der Waals surface area contributed by atoms with Gasteiger partial charge in [-0.05, 0) is 63.4 Å². The molecule has 14 heteroatoms. The first kappa shape index (κ1) is 35.4. The number of hydrogen-bond donors (Lipinski definition) is 0. The van der Waals surface area contributed by atoms with Crippen LogP contribution in [0.2, 0.25) is 0 Å². The molecule has 0 amide bonds. The topological polar surface area (TPSA) is 106 Å². The predicted octanol–water partition coefficient (Wildman–Crippen LogP) is 0.993. The van der Waals surface area contributed by atoms with Crippen LogP contribution in [0.15, 0.2) is 30.6 Å². The van der Waals surface area contributed by atoms with Gasteiger partial charge in [0, 0.05) is 61.7 Å². The molecule has 1 aromatic carbocycles. The number of carbonyl (C=O) groups excluding carboxylic acids is 2. The number of thiazole rings is 1. The van der Waals surface area contributed by atoms with Crippen LogP contribution in [0.5, 0.6) is 0 Å². The van der Waals surface area contributed by atoms with Crippen LogP contribution < -0.4 is 39.6 Å². The van der Waals surface area contributed by atoms with E-state index in [0.29, 0.717) is 73.0 Å². The number of piperazine rings is 1. The van der Waals surface area contributed by atoms with Gasteiger partial charge in [0.2, 0.25) is 0 Å². The number of ketones is 1. The summed E-state index contributed by atoms with van der Waals surface area (Å²) in [4.78, 5) is 44.8. The predicted molar refractivity (Wildman–Crippen MR) is 159 cm³/mol. The molecule has 4 heterocycles. The number of aromatic nitrogens is 3. The molecule has 2 aliphatic heterocycles. The number of anilines is 1. The van der Waals surface area contributed by atoms with Crippen LogP contribution in [-0.4, -0.2) is 81.8 Å². The Morgan fingerprint density at radius 2 is 1.80 bits per heavy atom. The van der Waals surface area contributed by atoms with Gasteiger partial charge >= 0.3 is 35.7 Å². The second kappa shape index (κ2) is 15.4. The van der Waals surface area contributed by atoms with E-state index in [2.05, 4.69) is 26.7 Å². The molecule has 0 aliphatic carbocycles. The maximum atomic E-state index is 13.7. The standard InChI is InChI=1S/C31H37F3N6O3S.Na/c1-20-13-22(15-23(14-20)31(32,33)34)30-26(19-40-7-4-3-5-21(40)2)44-28(37-30)16-25(41)24-17-36-27(18-35-24)39-11-9-38(10-12-39)8-6-29(42)43;/h13-15,17-18,21H,3-12,16,19H2,1-2H3,(H,42,43);/q;+1/p-1/t21-;/m1./s1. The Kier molecular flexibility index (Phi) is 12.2. The molecular weight excluding hydrogens is 616 g/mol. The van der Waals surface area contributed by atoms with Crippen molar-refractivity contribution < 1.29 is 57.4 Å². The Hall–Kier alpha value is -2.42. The fourth-order valence-corrected chi connectivity index (χ4v) is 6.89. The Labute approximate surface area is 287 Å². The Balaban J connectivity index is 0.00000461. The average Bonchev–Trinajstić information content (AvgIpc) is 3.38. The van der Waals surface area contributed by atoms with Gasteiger partial charge < -0.3 is 14.8 Å². The van der Waals surface area contributed by atoms with Crippen LogP contribution >= 0.6 is 11.3 Å². The van der Waals surface area contributed by atoms with Gasteiger partial charge in [0.1, 0.15) is 16.5 Å². The molecule has 0 unspecified atom stereocenters. The number of halogens is 3. The van der Waals surface area contributed by atoms with Gasteiger partial charge in [0.05, 0.1) is 30.1 Å². The van der Waals surface area contributed by atoms with E-state index >= 15 is 0 Å². The number of carboxylic acids is 1. The number of hydrogen-bond acceptors (Lipinski definition) is 10. The van der Waals surface area contributed by atoms with E-state index in [4.69, 9.17) is 4.98 Å². The molecule has 2 aliphatic rings. The van der Waals surface area contributed by atoms with Crippen molar-refractivity contribution in [3.05, 3.63) is 57.3 Å². The van der Waals surface area contributed by atoms with Crippen molar-refractivity contribution in [3.8, 4) is 11.3 Å². The van der Waals surface area contributed by atoms with Crippen LogP contribution in [0.1, 0.15) is 64.1 Å². The van der Waals surface area contributed by atoms with Crippen LogP contribution in [0.25, 0.3) is 11.3 Å². The van der Waals surface area contributed by atoms with Gasteiger partial charge in [-0.15, -0.1) is 11.3 Å². The monoisotopic (exact) mass is 652 g/mol. The molecule has 0 spiro atoms. The van der Waals surface area contributed by atoms with Gasteiger partial charge in [-0.1, -0.05) is 6.42 Å². The quantitative estimate of drug-likeness (QED) is 0.234. The molecule has 2 saturated heterocycles. The number of benzene rings is 1. The first-order chi connectivity index (χ1) is 21.0. The van der Waals surface area contributed by atoms with Crippen LogP contribution in [0.3, 0.4) is 0 Å². The summed E-state index contributed by atoms with van der Waals surface area (Å²) in [5.41, 5.74) is 0.858. The first-order valence-corrected chi connectivity index (χ1v) is 15.7. The molecule has 236 valence electrons. The number of likely N-dealkylation sites (tertiary alicyclic amines) is 1. The molecule has 5 rings (SSSR count). The van der Waals surface area contributed by atoms with Crippen molar-refractivity contribution in [2.75, 3.05) is 44.2 Å². The number of carboxylic acid groups (broad SMARTS) is 1. The van der Waals surface area contributed by atoms with E-state index in [1.807, 2.05) is 4.90 Å². The van der Waals surface area contributed by atoms with Crippen LogP contribution in [0, 0.1) is 6.92 Å². The molecule has 0 bridgehead atoms. The van der Waals surface area contributed by atoms with E-state index in [9.17, 15) is 27.9 Å². The van der Waals surface area contributed by atoms with Gasteiger partial charge in [-0.2, -0.15) is 13.2 Å². The van der Waals surface area contributed by atoms with Gasteiger partial charge in [0.15, 0.2) is 5.78 Å². The van der Waals surface area contributed by atoms with E-state index in [1.165, 1.54) is 17.5 Å². The maximum Gasteiger partial charge on any atom is 1.00 e. The van der Waals surface area contributed by atoms with Crippen molar-refractivity contribution in [3.63, 3.8) is 0 Å².